The molecule has 2 atom stereocenters. The van der Waals surface area contributed by atoms with E-state index >= 15 is 0 Å². The van der Waals surface area contributed by atoms with E-state index in [2.05, 4.69) is 79.8 Å². The second-order valence-electron chi connectivity index (χ2n) is 6.13. The van der Waals surface area contributed by atoms with Crippen molar-refractivity contribution in [2.45, 2.75) is 31.5 Å². The molecule has 0 amide bonds. The molecular weight excluding hydrogens is 258 g/mol. The molecular formula is C19H23NO. The van der Waals surface area contributed by atoms with Crippen LogP contribution in [0.3, 0.4) is 0 Å². The summed E-state index contributed by atoms with van der Waals surface area (Å²) in [6, 6.07) is 21.4. The Labute approximate surface area is 127 Å². The summed E-state index contributed by atoms with van der Waals surface area (Å²) in [6.45, 7) is 6.15. The van der Waals surface area contributed by atoms with Crippen LogP contribution in [0.5, 0.6) is 0 Å². The Morgan fingerprint density at radius 2 is 1.52 bits per heavy atom. The van der Waals surface area contributed by atoms with Gasteiger partial charge in [0, 0.05) is 19.0 Å². The molecule has 1 heterocycles. The maximum absolute atomic E-state index is 6.38. The minimum absolute atomic E-state index is 0.232. The SMILES string of the molecule is CC1CNCC(C)(C(c2ccccc2)c2ccccc2)O1. The fourth-order valence-corrected chi connectivity index (χ4v) is 3.43. The fourth-order valence-electron chi connectivity index (χ4n) is 3.43. The normalized spacial score (nSPS) is 26.0. The van der Waals surface area contributed by atoms with Crippen molar-refractivity contribution in [3.63, 3.8) is 0 Å². The van der Waals surface area contributed by atoms with E-state index in [0.717, 1.165) is 13.1 Å². The lowest BCUT2D eigenvalue weighted by Gasteiger charge is -2.44. The quantitative estimate of drug-likeness (QED) is 0.928. The summed E-state index contributed by atoms with van der Waals surface area (Å²) in [7, 11) is 0. The Kier molecular flexibility index (Phi) is 4.09. The van der Waals surface area contributed by atoms with Gasteiger partial charge in [0.05, 0.1) is 11.7 Å². The average Bonchev–Trinajstić information content (AvgIpc) is 2.49. The third-order valence-electron chi connectivity index (χ3n) is 4.25. The van der Waals surface area contributed by atoms with Crippen molar-refractivity contribution >= 4 is 0 Å². The first-order valence-electron chi connectivity index (χ1n) is 7.67. The zero-order chi connectivity index (χ0) is 14.7. The molecule has 0 saturated carbocycles. The maximum Gasteiger partial charge on any atom is 0.0891 e. The van der Waals surface area contributed by atoms with Crippen molar-refractivity contribution in [1.82, 2.24) is 5.32 Å². The maximum atomic E-state index is 6.38. The lowest BCUT2D eigenvalue weighted by Crippen LogP contribution is -2.54. The molecule has 2 aromatic rings. The Hall–Kier alpha value is -1.64. The molecule has 110 valence electrons. The van der Waals surface area contributed by atoms with Gasteiger partial charge in [0.1, 0.15) is 0 Å². The minimum atomic E-state index is -0.236. The second kappa shape index (κ2) is 6.00. The number of hydrogen-bond donors (Lipinski definition) is 1. The molecule has 1 fully saturated rings. The van der Waals surface area contributed by atoms with Crippen molar-refractivity contribution < 1.29 is 4.74 Å². The van der Waals surface area contributed by atoms with Gasteiger partial charge in [-0.2, -0.15) is 0 Å². The highest BCUT2D eigenvalue weighted by atomic mass is 16.5. The molecule has 2 unspecified atom stereocenters. The Bertz CT molecular complexity index is 529. The van der Waals surface area contributed by atoms with Gasteiger partial charge in [-0.25, -0.2) is 0 Å². The molecule has 0 aliphatic carbocycles. The van der Waals surface area contributed by atoms with Crippen molar-refractivity contribution in [2.24, 2.45) is 0 Å². The van der Waals surface area contributed by atoms with Crippen molar-refractivity contribution in [2.75, 3.05) is 13.1 Å². The van der Waals surface area contributed by atoms with Gasteiger partial charge in [-0.05, 0) is 25.0 Å². The summed E-state index contributed by atoms with van der Waals surface area (Å²) in [5, 5.41) is 3.52. The van der Waals surface area contributed by atoms with Crippen LogP contribution >= 0.6 is 0 Å². The van der Waals surface area contributed by atoms with E-state index in [1.54, 1.807) is 0 Å². The van der Waals surface area contributed by atoms with Gasteiger partial charge in [-0.15, -0.1) is 0 Å². The van der Waals surface area contributed by atoms with E-state index in [4.69, 9.17) is 4.74 Å². The third kappa shape index (κ3) is 3.02. The second-order valence-corrected chi connectivity index (χ2v) is 6.13. The molecule has 1 N–H and O–H groups in total. The lowest BCUT2D eigenvalue weighted by molar-refractivity contribution is -0.106. The van der Waals surface area contributed by atoms with E-state index in [-0.39, 0.29) is 17.6 Å². The van der Waals surface area contributed by atoms with Gasteiger partial charge >= 0.3 is 0 Å². The van der Waals surface area contributed by atoms with Crippen LogP contribution in [0, 0.1) is 0 Å². The lowest BCUT2D eigenvalue weighted by atomic mass is 9.77. The van der Waals surface area contributed by atoms with E-state index in [1.165, 1.54) is 11.1 Å². The predicted molar refractivity (Wildman–Crippen MR) is 86.5 cm³/mol. The number of ether oxygens (including phenoxy) is 1. The summed E-state index contributed by atoms with van der Waals surface area (Å²) in [5.74, 6) is 0.232. The number of benzene rings is 2. The highest BCUT2D eigenvalue weighted by Crippen LogP contribution is 2.38. The van der Waals surface area contributed by atoms with E-state index in [0.29, 0.717) is 0 Å². The highest BCUT2D eigenvalue weighted by Gasteiger charge is 2.40. The molecule has 3 rings (SSSR count). The van der Waals surface area contributed by atoms with Crippen LogP contribution < -0.4 is 5.32 Å². The Morgan fingerprint density at radius 3 is 2.00 bits per heavy atom. The van der Waals surface area contributed by atoms with Gasteiger partial charge in [0.25, 0.3) is 0 Å². The number of rotatable bonds is 3. The molecule has 1 saturated heterocycles. The molecule has 21 heavy (non-hydrogen) atoms. The molecule has 0 bridgehead atoms. The first-order valence-corrected chi connectivity index (χ1v) is 7.67. The monoisotopic (exact) mass is 281 g/mol. The molecule has 1 aliphatic heterocycles. The molecule has 0 radical (unpaired) electrons. The smallest absolute Gasteiger partial charge is 0.0891 e. The van der Waals surface area contributed by atoms with E-state index in [1.807, 2.05) is 0 Å². The van der Waals surface area contributed by atoms with Gasteiger partial charge in [-0.1, -0.05) is 60.7 Å². The standard InChI is InChI=1S/C19H23NO/c1-15-13-20-14-19(2,21-15)18(16-9-5-3-6-10-16)17-11-7-4-8-12-17/h3-12,15,18,20H,13-14H2,1-2H3. The van der Waals surface area contributed by atoms with Crippen LogP contribution in [-0.4, -0.2) is 24.8 Å². The summed E-state index contributed by atoms with van der Waals surface area (Å²) < 4.78 is 6.38. The van der Waals surface area contributed by atoms with Crippen LogP contribution in [0.25, 0.3) is 0 Å². The molecule has 2 heteroatoms. The minimum Gasteiger partial charge on any atom is -0.369 e. The fraction of sp³-hybridized carbons (Fsp3) is 0.368. The van der Waals surface area contributed by atoms with Gasteiger partial charge < -0.3 is 10.1 Å². The largest absolute Gasteiger partial charge is 0.369 e. The zero-order valence-electron chi connectivity index (χ0n) is 12.8. The van der Waals surface area contributed by atoms with Crippen LogP contribution in [0.15, 0.2) is 60.7 Å². The first-order chi connectivity index (χ1) is 10.2. The predicted octanol–water partition coefficient (Wildman–Crippen LogP) is 3.59. The van der Waals surface area contributed by atoms with Crippen LogP contribution in [0.1, 0.15) is 30.9 Å². The van der Waals surface area contributed by atoms with Gasteiger partial charge in [0.15, 0.2) is 0 Å². The van der Waals surface area contributed by atoms with Crippen LogP contribution in [-0.2, 0) is 4.74 Å². The topological polar surface area (TPSA) is 21.3 Å². The summed E-state index contributed by atoms with van der Waals surface area (Å²) in [4.78, 5) is 0. The molecule has 2 nitrogen and oxygen atoms in total. The van der Waals surface area contributed by atoms with Crippen LogP contribution in [0.4, 0.5) is 0 Å². The highest BCUT2D eigenvalue weighted by molar-refractivity contribution is 5.36. The average molecular weight is 281 g/mol. The van der Waals surface area contributed by atoms with E-state index in [9.17, 15) is 0 Å². The third-order valence-corrected chi connectivity index (χ3v) is 4.25. The number of hydrogen-bond acceptors (Lipinski definition) is 2. The molecule has 0 spiro atoms. The van der Waals surface area contributed by atoms with Crippen molar-refractivity contribution in [3.8, 4) is 0 Å². The zero-order valence-corrected chi connectivity index (χ0v) is 12.8. The van der Waals surface area contributed by atoms with Gasteiger partial charge in [-0.3, -0.25) is 0 Å². The van der Waals surface area contributed by atoms with Crippen LogP contribution in [0.2, 0.25) is 0 Å². The Balaban J connectivity index is 2.04. The van der Waals surface area contributed by atoms with Gasteiger partial charge in [0.2, 0.25) is 0 Å². The molecule has 1 aliphatic rings. The number of morpholine rings is 1. The Morgan fingerprint density at radius 1 is 1.00 bits per heavy atom. The summed E-state index contributed by atoms with van der Waals surface area (Å²) in [6.07, 6.45) is 0.235. The number of nitrogens with one attached hydrogen (secondary N) is 1. The first kappa shape index (κ1) is 14.3. The van der Waals surface area contributed by atoms with Crippen molar-refractivity contribution in [3.05, 3.63) is 71.8 Å². The van der Waals surface area contributed by atoms with Crippen molar-refractivity contribution in [1.29, 1.82) is 0 Å². The van der Waals surface area contributed by atoms with E-state index < -0.39 is 0 Å². The molecule has 0 aromatic heterocycles. The summed E-state index contributed by atoms with van der Waals surface area (Å²) in [5.41, 5.74) is 2.38. The molecule has 2 aromatic carbocycles. The summed E-state index contributed by atoms with van der Waals surface area (Å²) >= 11 is 0.